The highest BCUT2D eigenvalue weighted by molar-refractivity contribution is 7.98. The van der Waals surface area contributed by atoms with E-state index in [-0.39, 0.29) is 24.0 Å². The van der Waals surface area contributed by atoms with Gasteiger partial charge in [0.05, 0.1) is 11.5 Å². The van der Waals surface area contributed by atoms with E-state index in [0.29, 0.717) is 28.0 Å². The van der Waals surface area contributed by atoms with Crippen molar-refractivity contribution in [3.63, 3.8) is 0 Å². The van der Waals surface area contributed by atoms with Crippen LogP contribution in [0, 0.1) is 15.9 Å². The van der Waals surface area contributed by atoms with Crippen LogP contribution in [0.5, 0.6) is 0 Å². The fraction of sp³-hybridized carbons (Fsp3) is 0.0741. The summed E-state index contributed by atoms with van der Waals surface area (Å²) in [6.45, 7) is 0.0900. The second kappa shape index (κ2) is 10.6. The maximum absolute atomic E-state index is 13.3. The Morgan fingerprint density at radius 1 is 0.946 bits per heavy atom. The van der Waals surface area contributed by atoms with Crippen LogP contribution in [0.4, 0.5) is 10.1 Å². The predicted molar refractivity (Wildman–Crippen MR) is 139 cm³/mol. The van der Waals surface area contributed by atoms with Crippen molar-refractivity contribution in [2.24, 2.45) is 0 Å². The third kappa shape index (κ3) is 5.49. The van der Waals surface area contributed by atoms with Crippen molar-refractivity contribution in [1.82, 2.24) is 20.1 Å². The van der Waals surface area contributed by atoms with E-state index in [1.807, 2.05) is 36.4 Å². The van der Waals surface area contributed by atoms with E-state index in [2.05, 4.69) is 15.5 Å². The van der Waals surface area contributed by atoms with Gasteiger partial charge in [-0.2, -0.15) is 0 Å². The number of hydrogen-bond acceptors (Lipinski definition) is 6. The zero-order chi connectivity index (χ0) is 25.8. The molecule has 1 N–H and O–H groups in total. The van der Waals surface area contributed by atoms with Crippen LogP contribution in [0.3, 0.4) is 0 Å². The first-order valence-electron chi connectivity index (χ1n) is 11.3. The molecule has 0 aliphatic rings. The maximum Gasteiger partial charge on any atom is 0.269 e. The van der Waals surface area contributed by atoms with E-state index in [9.17, 15) is 19.3 Å². The molecule has 1 heterocycles. The number of non-ortho nitro benzene ring substituents is 1. The third-order valence-electron chi connectivity index (χ3n) is 5.72. The zero-order valence-corrected chi connectivity index (χ0v) is 20.2. The Bertz CT molecular complexity index is 1590. The smallest absolute Gasteiger partial charge is 0.269 e. The van der Waals surface area contributed by atoms with Gasteiger partial charge in [0, 0.05) is 29.1 Å². The predicted octanol–water partition coefficient (Wildman–Crippen LogP) is 5.69. The fourth-order valence-corrected chi connectivity index (χ4v) is 4.74. The molecule has 10 heteroatoms. The van der Waals surface area contributed by atoms with Crippen molar-refractivity contribution in [1.29, 1.82) is 0 Å². The van der Waals surface area contributed by atoms with Gasteiger partial charge in [-0.3, -0.25) is 19.5 Å². The quantitative estimate of drug-likeness (QED) is 0.162. The summed E-state index contributed by atoms with van der Waals surface area (Å²) in [6, 6.07) is 25.5. The van der Waals surface area contributed by atoms with Crippen LogP contribution in [-0.2, 0) is 12.3 Å². The van der Waals surface area contributed by atoms with Gasteiger partial charge in [0.1, 0.15) is 5.82 Å². The average molecular weight is 514 g/mol. The molecule has 4 aromatic carbocycles. The lowest BCUT2D eigenvalue weighted by molar-refractivity contribution is -0.384. The summed E-state index contributed by atoms with van der Waals surface area (Å²) in [5, 5.41) is 25.1. The molecule has 1 aromatic heterocycles. The molecule has 0 fully saturated rings. The molecule has 0 atom stereocenters. The SMILES string of the molecule is O=C(NCc1nnc(SCc2ccc(F)cc2)n1-c1ccc([N+](=O)[O-])cc1)c1ccc2ccccc2c1. The van der Waals surface area contributed by atoms with Gasteiger partial charge in [0.2, 0.25) is 0 Å². The lowest BCUT2D eigenvalue weighted by Crippen LogP contribution is -2.24. The van der Waals surface area contributed by atoms with Gasteiger partial charge in [0.25, 0.3) is 11.6 Å². The second-order valence-electron chi connectivity index (χ2n) is 8.17. The van der Waals surface area contributed by atoms with Crippen molar-refractivity contribution in [2.45, 2.75) is 17.5 Å². The van der Waals surface area contributed by atoms with Crippen LogP contribution in [0.25, 0.3) is 16.5 Å². The van der Waals surface area contributed by atoms with Crippen LogP contribution in [-0.4, -0.2) is 25.6 Å². The molecular formula is C27H20FN5O3S. The molecule has 1 amide bonds. The molecule has 5 aromatic rings. The Hall–Kier alpha value is -4.57. The summed E-state index contributed by atoms with van der Waals surface area (Å²) in [5.41, 5.74) is 2.00. The van der Waals surface area contributed by atoms with Crippen LogP contribution in [0.1, 0.15) is 21.7 Å². The summed E-state index contributed by atoms with van der Waals surface area (Å²) in [7, 11) is 0. The first-order valence-corrected chi connectivity index (χ1v) is 12.3. The van der Waals surface area contributed by atoms with E-state index in [4.69, 9.17) is 0 Å². The monoisotopic (exact) mass is 513 g/mol. The molecule has 8 nitrogen and oxygen atoms in total. The number of amides is 1. The van der Waals surface area contributed by atoms with Crippen LogP contribution in [0.15, 0.2) is 96.2 Å². The normalized spacial score (nSPS) is 10.9. The number of fused-ring (bicyclic) bond motifs is 1. The van der Waals surface area contributed by atoms with Gasteiger partial charge in [-0.15, -0.1) is 10.2 Å². The molecule has 0 spiro atoms. The molecule has 37 heavy (non-hydrogen) atoms. The number of nitrogens with one attached hydrogen (secondary N) is 1. The van der Waals surface area contributed by atoms with Gasteiger partial charge in [0.15, 0.2) is 11.0 Å². The van der Waals surface area contributed by atoms with Crippen molar-refractivity contribution < 1.29 is 14.1 Å². The lowest BCUT2D eigenvalue weighted by atomic mass is 10.1. The van der Waals surface area contributed by atoms with E-state index < -0.39 is 4.92 Å². The van der Waals surface area contributed by atoms with Crippen molar-refractivity contribution in [2.75, 3.05) is 0 Å². The topological polar surface area (TPSA) is 103 Å². The number of halogens is 1. The molecule has 0 bridgehead atoms. The third-order valence-corrected chi connectivity index (χ3v) is 6.72. The van der Waals surface area contributed by atoms with E-state index in [1.165, 1.54) is 36.0 Å². The molecule has 0 saturated carbocycles. The Labute approximate surface area is 215 Å². The summed E-state index contributed by atoms with van der Waals surface area (Å²) < 4.78 is 15.0. The largest absolute Gasteiger partial charge is 0.345 e. The Balaban J connectivity index is 1.39. The highest BCUT2D eigenvalue weighted by Gasteiger charge is 2.17. The minimum Gasteiger partial charge on any atom is -0.345 e. The van der Waals surface area contributed by atoms with Gasteiger partial charge < -0.3 is 5.32 Å². The number of nitro benzene ring substituents is 1. The Morgan fingerprint density at radius 2 is 1.68 bits per heavy atom. The molecule has 184 valence electrons. The van der Waals surface area contributed by atoms with Crippen molar-refractivity contribution in [3.8, 4) is 5.69 Å². The number of rotatable bonds is 8. The zero-order valence-electron chi connectivity index (χ0n) is 19.4. The number of carbonyl (C=O) groups excluding carboxylic acids is 1. The van der Waals surface area contributed by atoms with Gasteiger partial charge >= 0.3 is 0 Å². The number of hydrogen-bond donors (Lipinski definition) is 1. The molecule has 0 radical (unpaired) electrons. The highest BCUT2D eigenvalue weighted by atomic mass is 32.2. The van der Waals surface area contributed by atoms with Gasteiger partial charge in [-0.25, -0.2) is 4.39 Å². The van der Waals surface area contributed by atoms with Crippen molar-refractivity contribution in [3.05, 3.63) is 124 Å². The van der Waals surface area contributed by atoms with Crippen LogP contribution in [0.2, 0.25) is 0 Å². The molecule has 0 aliphatic carbocycles. The summed E-state index contributed by atoms with van der Waals surface area (Å²) in [5.74, 6) is 0.399. The first-order chi connectivity index (χ1) is 18.0. The number of nitro groups is 1. The van der Waals surface area contributed by atoms with E-state index in [1.54, 1.807) is 34.9 Å². The molecule has 0 aliphatic heterocycles. The van der Waals surface area contributed by atoms with Crippen LogP contribution < -0.4 is 5.32 Å². The summed E-state index contributed by atoms with van der Waals surface area (Å²) >= 11 is 1.38. The fourth-order valence-electron chi connectivity index (χ4n) is 3.81. The molecule has 0 saturated heterocycles. The number of carbonyl (C=O) groups is 1. The number of thioether (sulfide) groups is 1. The lowest BCUT2D eigenvalue weighted by Gasteiger charge is -2.11. The van der Waals surface area contributed by atoms with Crippen LogP contribution >= 0.6 is 11.8 Å². The molecule has 0 unspecified atom stereocenters. The minimum absolute atomic E-state index is 0.0384. The first kappa shape index (κ1) is 24.1. The maximum atomic E-state index is 13.3. The standard InChI is InChI=1S/C27H20FN5O3S/c28-22-9-5-18(6-10-22)17-37-27-31-30-25(32(27)23-11-13-24(14-12-23)33(35)36)16-29-26(34)21-8-7-19-3-1-2-4-20(19)15-21/h1-15H,16-17H2,(H,29,34). The van der Waals surface area contributed by atoms with Gasteiger partial charge in [-0.05, 0) is 52.7 Å². The second-order valence-corrected chi connectivity index (χ2v) is 9.11. The molecule has 5 rings (SSSR count). The van der Waals surface area contributed by atoms with Gasteiger partial charge in [-0.1, -0.05) is 54.2 Å². The summed E-state index contributed by atoms with van der Waals surface area (Å²) in [4.78, 5) is 23.5. The van der Waals surface area contributed by atoms with E-state index >= 15 is 0 Å². The number of aromatic nitrogens is 3. The Kier molecular flexibility index (Phi) is 6.91. The molecular weight excluding hydrogens is 493 g/mol. The Morgan fingerprint density at radius 3 is 2.41 bits per heavy atom. The average Bonchev–Trinajstić information content (AvgIpc) is 3.33. The number of nitrogens with zero attached hydrogens (tertiary/aromatic N) is 4. The minimum atomic E-state index is -0.467. The summed E-state index contributed by atoms with van der Waals surface area (Å²) in [6.07, 6.45) is 0. The van der Waals surface area contributed by atoms with E-state index in [0.717, 1.165) is 16.3 Å². The highest BCUT2D eigenvalue weighted by Crippen LogP contribution is 2.27. The van der Waals surface area contributed by atoms with Crippen molar-refractivity contribution >= 4 is 34.1 Å². The number of benzene rings is 4.